The van der Waals surface area contributed by atoms with Crippen molar-refractivity contribution in [2.45, 2.75) is 43.2 Å². The number of carbonyl (C=O) groups is 1. The second-order valence-corrected chi connectivity index (χ2v) is 7.21. The Morgan fingerprint density at radius 1 is 1.32 bits per heavy atom. The number of rotatable bonds is 5. The topological polar surface area (TPSA) is 53.4 Å². The quantitative estimate of drug-likeness (QED) is 0.818. The molecular weight excluding hydrogens is 332 g/mol. The van der Waals surface area contributed by atoms with Gasteiger partial charge in [0, 0.05) is 18.8 Å². The SMILES string of the molecule is CSc1ncccc1C(=O)N1CCCCC1CCc1cccc(O)c1. The first-order chi connectivity index (χ1) is 12.2. The molecule has 1 aromatic heterocycles. The van der Waals surface area contributed by atoms with Crippen LogP contribution in [0.4, 0.5) is 0 Å². The molecule has 1 fully saturated rings. The molecule has 1 saturated heterocycles. The van der Waals surface area contributed by atoms with Crippen molar-refractivity contribution in [1.82, 2.24) is 9.88 Å². The number of piperidine rings is 1. The summed E-state index contributed by atoms with van der Waals surface area (Å²) in [6, 6.07) is 11.4. The highest BCUT2D eigenvalue weighted by Crippen LogP contribution is 2.26. The van der Waals surface area contributed by atoms with Crippen molar-refractivity contribution in [3.63, 3.8) is 0 Å². The second-order valence-electron chi connectivity index (χ2n) is 6.42. The molecule has 5 heteroatoms. The number of phenolic OH excluding ortho intramolecular Hbond substituents is 1. The van der Waals surface area contributed by atoms with E-state index in [4.69, 9.17) is 0 Å². The monoisotopic (exact) mass is 356 g/mol. The van der Waals surface area contributed by atoms with E-state index in [-0.39, 0.29) is 11.9 Å². The fourth-order valence-electron chi connectivity index (χ4n) is 3.48. The van der Waals surface area contributed by atoms with Gasteiger partial charge in [0.2, 0.25) is 0 Å². The van der Waals surface area contributed by atoms with Gasteiger partial charge >= 0.3 is 0 Å². The van der Waals surface area contributed by atoms with Gasteiger partial charge in [-0.2, -0.15) is 0 Å². The predicted octanol–water partition coefficient (Wildman–Crippen LogP) is 4.14. The molecular formula is C20H24N2O2S. The van der Waals surface area contributed by atoms with Gasteiger partial charge in [-0.1, -0.05) is 12.1 Å². The average molecular weight is 356 g/mol. The van der Waals surface area contributed by atoms with Crippen molar-refractivity contribution in [1.29, 1.82) is 0 Å². The van der Waals surface area contributed by atoms with Gasteiger partial charge in [0.25, 0.3) is 5.91 Å². The Bertz CT molecular complexity index is 735. The molecule has 1 unspecified atom stereocenters. The maximum atomic E-state index is 13.1. The third-order valence-electron chi connectivity index (χ3n) is 4.76. The van der Waals surface area contributed by atoms with E-state index in [1.165, 1.54) is 11.8 Å². The third-order valence-corrected chi connectivity index (χ3v) is 5.47. The summed E-state index contributed by atoms with van der Waals surface area (Å²) in [6.45, 7) is 0.812. The zero-order chi connectivity index (χ0) is 17.6. The van der Waals surface area contributed by atoms with E-state index in [0.717, 1.165) is 49.2 Å². The standard InChI is InChI=1S/C20H24N2O2S/c1-25-19-18(9-5-12-21-19)20(24)22-13-3-2-7-16(22)11-10-15-6-4-8-17(23)14-15/h4-6,8-9,12,14,16,23H,2-3,7,10-11,13H2,1H3. The molecule has 1 aliphatic rings. The fourth-order valence-corrected chi connectivity index (χ4v) is 4.03. The van der Waals surface area contributed by atoms with E-state index in [0.29, 0.717) is 11.3 Å². The van der Waals surface area contributed by atoms with Crippen molar-refractivity contribution >= 4 is 17.7 Å². The van der Waals surface area contributed by atoms with Gasteiger partial charge in [0.1, 0.15) is 10.8 Å². The number of thioether (sulfide) groups is 1. The van der Waals surface area contributed by atoms with Crippen LogP contribution in [0.3, 0.4) is 0 Å². The van der Waals surface area contributed by atoms with Crippen molar-refractivity contribution in [2.75, 3.05) is 12.8 Å². The van der Waals surface area contributed by atoms with E-state index >= 15 is 0 Å². The van der Waals surface area contributed by atoms with Gasteiger partial charge < -0.3 is 10.0 Å². The molecule has 1 aromatic carbocycles. The number of hydrogen-bond acceptors (Lipinski definition) is 4. The Balaban J connectivity index is 1.73. The number of nitrogens with zero attached hydrogens (tertiary/aromatic N) is 2. The molecule has 2 aromatic rings. The van der Waals surface area contributed by atoms with Crippen molar-refractivity contribution < 1.29 is 9.90 Å². The molecule has 0 bridgehead atoms. The number of pyridine rings is 1. The third kappa shape index (κ3) is 4.34. The van der Waals surface area contributed by atoms with Crippen LogP contribution in [0.25, 0.3) is 0 Å². The summed E-state index contributed by atoms with van der Waals surface area (Å²) >= 11 is 1.51. The minimum absolute atomic E-state index is 0.0954. The molecule has 132 valence electrons. The maximum absolute atomic E-state index is 13.1. The Morgan fingerprint density at radius 2 is 2.20 bits per heavy atom. The molecule has 4 nitrogen and oxygen atoms in total. The van der Waals surface area contributed by atoms with Crippen molar-refractivity contribution in [3.8, 4) is 5.75 Å². The van der Waals surface area contributed by atoms with Crippen LogP contribution in [0.5, 0.6) is 5.75 Å². The summed E-state index contributed by atoms with van der Waals surface area (Å²) in [4.78, 5) is 19.4. The highest BCUT2D eigenvalue weighted by Gasteiger charge is 2.28. The number of likely N-dealkylation sites (tertiary alicyclic amines) is 1. The Hall–Kier alpha value is -2.01. The van der Waals surface area contributed by atoms with Crippen LogP contribution >= 0.6 is 11.8 Å². The smallest absolute Gasteiger partial charge is 0.256 e. The number of aromatic hydroxyl groups is 1. The summed E-state index contributed by atoms with van der Waals surface area (Å²) in [5.74, 6) is 0.395. The van der Waals surface area contributed by atoms with Gasteiger partial charge in [-0.15, -0.1) is 11.8 Å². The lowest BCUT2D eigenvalue weighted by atomic mass is 9.95. The molecule has 0 spiro atoms. The second kappa shape index (κ2) is 8.39. The maximum Gasteiger partial charge on any atom is 0.256 e. The minimum Gasteiger partial charge on any atom is -0.508 e. The lowest BCUT2D eigenvalue weighted by Crippen LogP contribution is -2.44. The van der Waals surface area contributed by atoms with Gasteiger partial charge in [0.05, 0.1) is 5.56 Å². The first-order valence-corrected chi connectivity index (χ1v) is 9.99. The highest BCUT2D eigenvalue weighted by atomic mass is 32.2. The van der Waals surface area contributed by atoms with Crippen LogP contribution < -0.4 is 0 Å². The highest BCUT2D eigenvalue weighted by molar-refractivity contribution is 7.98. The normalized spacial score (nSPS) is 17.5. The first kappa shape index (κ1) is 17.8. The number of carbonyl (C=O) groups excluding carboxylic acids is 1. The lowest BCUT2D eigenvalue weighted by molar-refractivity contribution is 0.0597. The van der Waals surface area contributed by atoms with Crippen molar-refractivity contribution in [3.05, 3.63) is 53.7 Å². The summed E-state index contributed by atoms with van der Waals surface area (Å²) in [7, 11) is 0. The molecule has 1 atom stereocenters. The van der Waals surface area contributed by atoms with Crippen LogP contribution in [0.15, 0.2) is 47.6 Å². The largest absolute Gasteiger partial charge is 0.508 e. The Kier molecular flexibility index (Phi) is 5.97. The summed E-state index contributed by atoms with van der Waals surface area (Å²) in [5.41, 5.74) is 1.82. The molecule has 3 rings (SSSR count). The van der Waals surface area contributed by atoms with Gasteiger partial charge in [-0.25, -0.2) is 4.98 Å². The molecule has 25 heavy (non-hydrogen) atoms. The number of amides is 1. The number of benzene rings is 1. The average Bonchev–Trinajstić information content (AvgIpc) is 2.66. The van der Waals surface area contributed by atoms with E-state index in [1.807, 2.05) is 41.5 Å². The first-order valence-electron chi connectivity index (χ1n) is 8.77. The van der Waals surface area contributed by atoms with Crippen molar-refractivity contribution in [2.24, 2.45) is 0 Å². The van der Waals surface area contributed by atoms with E-state index < -0.39 is 0 Å². The number of aryl methyl sites for hydroxylation is 1. The van der Waals surface area contributed by atoms with Gasteiger partial charge in [-0.3, -0.25) is 4.79 Å². The van der Waals surface area contributed by atoms with E-state index in [9.17, 15) is 9.90 Å². The minimum atomic E-state index is 0.0954. The lowest BCUT2D eigenvalue weighted by Gasteiger charge is -2.36. The zero-order valence-corrected chi connectivity index (χ0v) is 15.3. The molecule has 1 N–H and O–H groups in total. The molecule has 0 saturated carbocycles. The summed E-state index contributed by atoms with van der Waals surface area (Å²) in [6.07, 6.45) is 8.74. The van der Waals surface area contributed by atoms with Crippen LogP contribution in [0, 0.1) is 0 Å². The Morgan fingerprint density at radius 3 is 3.00 bits per heavy atom. The number of hydrogen-bond donors (Lipinski definition) is 1. The van der Waals surface area contributed by atoms with E-state index in [2.05, 4.69) is 4.98 Å². The fraction of sp³-hybridized carbons (Fsp3) is 0.400. The van der Waals surface area contributed by atoms with Crippen LogP contribution in [-0.4, -0.2) is 39.7 Å². The van der Waals surface area contributed by atoms with Crippen LogP contribution in [0.1, 0.15) is 41.6 Å². The molecule has 0 aliphatic carbocycles. The molecule has 2 heterocycles. The van der Waals surface area contributed by atoms with Crippen LogP contribution in [0.2, 0.25) is 0 Å². The summed E-state index contributed by atoms with van der Waals surface area (Å²) < 4.78 is 0. The molecule has 1 amide bonds. The number of phenols is 1. The molecule has 1 aliphatic heterocycles. The van der Waals surface area contributed by atoms with Gasteiger partial charge in [-0.05, 0) is 68.2 Å². The predicted molar refractivity (Wildman–Crippen MR) is 101 cm³/mol. The summed E-state index contributed by atoms with van der Waals surface area (Å²) in [5, 5.41) is 10.4. The van der Waals surface area contributed by atoms with Gasteiger partial charge in [0.15, 0.2) is 0 Å². The molecule has 0 radical (unpaired) electrons. The number of aromatic nitrogens is 1. The Labute approximate surface area is 153 Å². The van der Waals surface area contributed by atoms with E-state index in [1.54, 1.807) is 12.3 Å². The van der Waals surface area contributed by atoms with Crippen LogP contribution in [-0.2, 0) is 6.42 Å². The zero-order valence-electron chi connectivity index (χ0n) is 14.5.